The highest BCUT2D eigenvalue weighted by atomic mass is 32.1. The number of fused-ring (bicyclic) bond motifs is 2. The number of benzene rings is 3. The Morgan fingerprint density at radius 3 is 2.38 bits per heavy atom. The van der Waals surface area contributed by atoms with E-state index >= 15 is 0 Å². The fraction of sp³-hybridized carbons (Fsp3) is 0.188. The summed E-state index contributed by atoms with van der Waals surface area (Å²) in [5.74, 6) is 0.0526. The van der Waals surface area contributed by atoms with Crippen molar-refractivity contribution in [3.63, 3.8) is 0 Å². The zero-order chi connectivity index (χ0) is 29.5. The van der Waals surface area contributed by atoms with Gasteiger partial charge in [0.25, 0.3) is 11.5 Å². The molecule has 6 rings (SSSR count). The molecule has 4 aromatic rings. The van der Waals surface area contributed by atoms with Crippen LogP contribution in [-0.2, 0) is 14.3 Å². The van der Waals surface area contributed by atoms with E-state index in [1.165, 1.54) is 23.7 Å². The summed E-state index contributed by atoms with van der Waals surface area (Å²) < 4.78 is 18.3. The van der Waals surface area contributed by atoms with Gasteiger partial charge in [0.05, 0.1) is 49.4 Å². The molecular formula is C32H27N3O6S. The number of para-hydroxylation sites is 1. The topological polar surface area (TPSA) is 99.4 Å². The van der Waals surface area contributed by atoms with Crippen molar-refractivity contribution in [3.05, 3.63) is 115 Å². The summed E-state index contributed by atoms with van der Waals surface area (Å²) in [4.78, 5) is 48.3. The zero-order valence-corrected chi connectivity index (χ0v) is 24.2. The molecule has 0 fully saturated rings. The van der Waals surface area contributed by atoms with Gasteiger partial charge in [-0.15, -0.1) is 0 Å². The van der Waals surface area contributed by atoms with Gasteiger partial charge in [-0.3, -0.25) is 14.2 Å². The molecule has 3 aromatic carbocycles. The average molecular weight is 582 g/mol. The van der Waals surface area contributed by atoms with Gasteiger partial charge >= 0.3 is 5.97 Å². The fourth-order valence-electron chi connectivity index (χ4n) is 5.42. The van der Waals surface area contributed by atoms with Crippen LogP contribution in [-0.4, -0.2) is 44.3 Å². The minimum Gasteiger partial charge on any atom is -0.493 e. The monoisotopic (exact) mass is 581 g/mol. The van der Waals surface area contributed by atoms with E-state index in [9.17, 15) is 14.4 Å². The van der Waals surface area contributed by atoms with E-state index in [0.29, 0.717) is 44.3 Å². The van der Waals surface area contributed by atoms with Crippen LogP contribution >= 0.6 is 11.3 Å². The van der Waals surface area contributed by atoms with Crippen molar-refractivity contribution in [1.82, 2.24) is 4.57 Å². The number of ether oxygens (including phenoxy) is 3. The maximum Gasteiger partial charge on any atom is 0.338 e. The molecule has 0 spiro atoms. The van der Waals surface area contributed by atoms with Crippen molar-refractivity contribution in [1.29, 1.82) is 0 Å². The van der Waals surface area contributed by atoms with Crippen LogP contribution in [0.25, 0.3) is 11.3 Å². The molecule has 0 saturated carbocycles. The summed E-state index contributed by atoms with van der Waals surface area (Å²) in [6, 6.07) is 21.0. The molecule has 1 amide bonds. The molecule has 3 heterocycles. The van der Waals surface area contributed by atoms with Crippen molar-refractivity contribution in [2.75, 3.05) is 32.8 Å². The number of hydrogen-bond acceptors (Lipinski definition) is 8. The molecule has 0 bridgehead atoms. The molecule has 0 saturated heterocycles. The third-order valence-corrected chi connectivity index (χ3v) is 8.41. The van der Waals surface area contributed by atoms with E-state index < -0.39 is 17.6 Å². The van der Waals surface area contributed by atoms with Crippen molar-refractivity contribution < 1.29 is 23.8 Å². The minimum absolute atomic E-state index is 0.134. The molecule has 10 heteroatoms. The van der Waals surface area contributed by atoms with Crippen LogP contribution in [0.4, 0.5) is 5.69 Å². The first-order valence-corrected chi connectivity index (χ1v) is 14.1. The number of amides is 1. The molecule has 2 aliphatic rings. The number of hydrogen-bond donors (Lipinski definition) is 0. The number of methoxy groups -OCH3 is 2. The fourth-order valence-corrected chi connectivity index (χ4v) is 6.51. The quantitative estimate of drug-likeness (QED) is 0.324. The molecule has 0 radical (unpaired) electrons. The van der Waals surface area contributed by atoms with E-state index in [0.717, 1.165) is 17.0 Å². The molecule has 1 atom stereocenters. The van der Waals surface area contributed by atoms with Crippen molar-refractivity contribution >= 4 is 40.2 Å². The first-order chi connectivity index (χ1) is 20.4. The summed E-state index contributed by atoms with van der Waals surface area (Å²) in [7, 11) is 4.74. The Bertz CT molecular complexity index is 1960. The standard InChI is InChI=1S/C32H27N3O6S/c1-5-41-31(38)25-26(18-11-7-6-8-12-18)33-32-35(27(25)19-15-16-22(39-3)23(17-19)40-4)30(37)28(42-32)24-20-13-9-10-14-21(20)34(2)29(24)36/h6-17,27H,5H2,1-4H3/b28-24-/t27-/m1/s1. The smallest absolute Gasteiger partial charge is 0.338 e. The zero-order valence-electron chi connectivity index (χ0n) is 23.4. The van der Waals surface area contributed by atoms with Gasteiger partial charge in [-0.2, -0.15) is 0 Å². The number of likely N-dealkylation sites (N-methyl/N-ethyl adjacent to an activating group) is 1. The average Bonchev–Trinajstić information content (AvgIpc) is 3.48. The second kappa shape index (κ2) is 10.8. The highest BCUT2D eigenvalue weighted by Gasteiger charge is 2.37. The number of anilines is 1. The number of thiazole rings is 1. The van der Waals surface area contributed by atoms with Crippen LogP contribution in [0.3, 0.4) is 0 Å². The molecule has 42 heavy (non-hydrogen) atoms. The van der Waals surface area contributed by atoms with Crippen LogP contribution in [0.1, 0.15) is 29.7 Å². The van der Waals surface area contributed by atoms with E-state index in [1.54, 1.807) is 32.2 Å². The predicted octanol–water partition coefficient (Wildman–Crippen LogP) is 3.30. The number of carbonyl (C=O) groups excluding carboxylic acids is 2. The molecule has 0 N–H and O–H groups in total. The third kappa shape index (κ3) is 4.22. The number of nitrogens with zero attached hydrogens (tertiary/aromatic N) is 3. The Morgan fingerprint density at radius 2 is 1.67 bits per heavy atom. The lowest BCUT2D eigenvalue weighted by molar-refractivity contribution is -0.138. The van der Waals surface area contributed by atoms with Crippen LogP contribution in [0.2, 0.25) is 0 Å². The SMILES string of the molecule is CCOC(=O)C1=C(c2ccccc2)N=c2s/c(=C3\C(=O)N(C)c4ccccc43)c(=O)n2[C@@H]1c1ccc(OC)c(OC)c1. The van der Waals surface area contributed by atoms with Gasteiger partial charge in [0.1, 0.15) is 4.53 Å². The Kier molecular flexibility index (Phi) is 6.99. The van der Waals surface area contributed by atoms with Crippen molar-refractivity contribution in [2.24, 2.45) is 4.99 Å². The molecule has 9 nitrogen and oxygen atoms in total. The number of rotatable bonds is 6. The van der Waals surface area contributed by atoms with Gasteiger partial charge in [0, 0.05) is 18.2 Å². The third-order valence-electron chi connectivity index (χ3n) is 7.35. The summed E-state index contributed by atoms with van der Waals surface area (Å²) in [5.41, 5.74) is 3.15. The van der Waals surface area contributed by atoms with Gasteiger partial charge in [0.2, 0.25) is 0 Å². The van der Waals surface area contributed by atoms with Crippen LogP contribution in [0, 0.1) is 0 Å². The molecule has 0 unspecified atom stereocenters. The van der Waals surface area contributed by atoms with Crippen molar-refractivity contribution in [3.8, 4) is 11.5 Å². The lowest BCUT2D eigenvalue weighted by Gasteiger charge is -2.26. The number of esters is 1. The molecular weight excluding hydrogens is 554 g/mol. The maximum atomic E-state index is 14.4. The van der Waals surface area contributed by atoms with Crippen LogP contribution in [0.5, 0.6) is 11.5 Å². The second-order valence-electron chi connectivity index (χ2n) is 9.62. The summed E-state index contributed by atoms with van der Waals surface area (Å²) in [5, 5.41) is 0. The molecule has 0 aliphatic carbocycles. The van der Waals surface area contributed by atoms with Gasteiger partial charge in [-0.05, 0) is 30.7 Å². The Labute approximate surface area is 245 Å². The minimum atomic E-state index is -0.922. The molecule has 1 aromatic heterocycles. The summed E-state index contributed by atoms with van der Waals surface area (Å²) in [6.07, 6.45) is 0. The van der Waals surface area contributed by atoms with Crippen LogP contribution < -0.4 is 29.3 Å². The highest BCUT2D eigenvalue weighted by Crippen LogP contribution is 2.39. The summed E-state index contributed by atoms with van der Waals surface area (Å²) in [6.45, 7) is 1.86. The lowest BCUT2D eigenvalue weighted by Crippen LogP contribution is -2.40. The lowest BCUT2D eigenvalue weighted by atomic mass is 9.93. The Hall–Kier alpha value is -4.96. The Morgan fingerprint density at radius 1 is 0.952 bits per heavy atom. The first kappa shape index (κ1) is 27.2. The maximum absolute atomic E-state index is 14.4. The van der Waals surface area contributed by atoms with E-state index in [2.05, 4.69) is 0 Å². The van der Waals surface area contributed by atoms with Crippen LogP contribution in [0.15, 0.2) is 88.2 Å². The van der Waals surface area contributed by atoms with E-state index in [1.807, 2.05) is 54.6 Å². The number of carbonyl (C=O) groups is 2. The Balaban J connectivity index is 1.73. The molecule has 212 valence electrons. The summed E-state index contributed by atoms with van der Waals surface area (Å²) >= 11 is 1.13. The number of aromatic nitrogens is 1. The molecule has 2 aliphatic heterocycles. The van der Waals surface area contributed by atoms with Gasteiger partial charge < -0.3 is 19.1 Å². The second-order valence-corrected chi connectivity index (χ2v) is 10.6. The van der Waals surface area contributed by atoms with E-state index in [4.69, 9.17) is 19.2 Å². The predicted molar refractivity (Wildman–Crippen MR) is 159 cm³/mol. The van der Waals surface area contributed by atoms with Gasteiger partial charge in [-0.1, -0.05) is 65.9 Å². The largest absolute Gasteiger partial charge is 0.493 e. The van der Waals surface area contributed by atoms with Gasteiger partial charge in [-0.25, -0.2) is 9.79 Å². The van der Waals surface area contributed by atoms with Gasteiger partial charge in [0.15, 0.2) is 16.3 Å². The first-order valence-electron chi connectivity index (χ1n) is 13.3. The van der Waals surface area contributed by atoms with E-state index in [-0.39, 0.29) is 22.6 Å². The van der Waals surface area contributed by atoms with Crippen molar-refractivity contribution in [2.45, 2.75) is 13.0 Å². The normalized spacial score (nSPS) is 17.0. The highest BCUT2D eigenvalue weighted by molar-refractivity contribution is 7.07.